The van der Waals surface area contributed by atoms with Crippen molar-refractivity contribution in [1.29, 1.82) is 0 Å². The van der Waals surface area contributed by atoms with Gasteiger partial charge >= 0.3 is 6.01 Å². The maximum atomic E-state index is 16.6. The number of halogens is 3. The Hall–Kier alpha value is -3.63. The molecule has 4 saturated heterocycles. The Balaban J connectivity index is 1.26. The van der Waals surface area contributed by atoms with Crippen LogP contribution in [-0.2, 0) is 0 Å². The number of anilines is 1. The molecule has 4 aliphatic rings. The van der Waals surface area contributed by atoms with Gasteiger partial charge in [-0.2, -0.15) is 9.97 Å². The van der Waals surface area contributed by atoms with Crippen molar-refractivity contribution >= 4 is 27.5 Å². The van der Waals surface area contributed by atoms with E-state index in [-0.39, 0.29) is 40.4 Å². The fraction of sp³-hybridized carbons (Fsp3) is 0.438. The topological polar surface area (TPSA) is 73.8 Å². The summed E-state index contributed by atoms with van der Waals surface area (Å²) in [6, 6.07) is 11.5. The molecule has 0 radical (unpaired) electrons. The Kier molecular flexibility index (Phi) is 6.01. The van der Waals surface area contributed by atoms with E-state index in [0.717, 1.165) is 45.3 Å². The van der Waals surface area contributed by atoms with Gasteiger partial charge in [-0.05, 0) is 67.4 Å². The van der Waals surface area contributed by atoms with Gasteiger partial charge in [-0.1, -0.05) is 18.2 Å². The molecule has 5 heterocycles. The highest BCUT2D eigenvalue weighted by Crippen LogP contribution is 2.42. The minimum atomic E-state index is -0.893. The summed E-state index contributed by atoms with van der Waals surface area (Å²) in [5.41, 5.74) is 0.0402. The van der Waals surface area contributed by atoms with Gasteiger partial charge in [0.1, 0.15) is 35.7 Å². The quantitative estimate of drug-likeness (QED) is 0.333. The maximum Gasteiger partial charge on any atom is 0.319 e. The van der Waals surface area contributed by atoms with Gasteiger partial charge in [0.2, 0.25) is 0 Å². The van der Waals surface area contributed by atoms with Crippen molar-refractivity contribution in [3.05, 3.63) is 54.1 Å². The number of hydrogen-bond donors (Lipinski definition) is 2. The summed E-state index contributed by atoms with van der Waals surface area (Å²) in [6.07, 6.45) is 3.48. The van der Waals surface area contributed by atoms with Gasteiger partial charge in [0.05, 0.1) is 5.54 Å². The normalized spacial score (nSPS) is 27.3. The van der Waals surface area contributed by atoms with E-state index in [2.05, 4.69) is 20.1 Å². The first kappa shape index (κ1) is 26.0. The predicted molar refractivity (Wildman–Crippen MR) is 155 cm³/mol. The summed E-state index contributed by atoms with van der Waals surface area (Å²) in [4.78, 5) is 13.7. The lowest BCUT2D eigenvalue weighted by Gasteiger charge is -2.34. The number of aromatic nitrogens is 2. The summed E-state index contributed by atoms with van der Waals surface area (Å²) in [6.45, 7) is 2.94. The molecule has 4 aromatic rings. The van der Waals surface area contributed by atoms with E-state index in [0.29, 0.717) is 41.6 Å². The number of nitrogens with zero attached hydrogens (tertiary/aromatic N) is 4. The molecule has 0 saturated carbocycles. The number of rotatable bonds is 5. The molecule has 7 nitrogen and oxygen atoms in total. The highest BCUT2D eigenvalue weighted by Gasteiger charge is 2.49. The second-order valence-corrected chi connectivity index (χ2v) is 12.4. The first-order chi connectivity index (χ1) is 20.4. The number of phenolic OH excluding ortho intramolecular Hbond substituents is 1. The van der Waals surface area contributed by atoms with Gasteiger partial charge in [-0.3, -0.25) is 4.90 Å². The molecule has 8 rings (SSSR count). The van der Waals surface area contributed by atoms with Crippen molar-refractivity contribution in [2.45, 2.75) is 55.9 Å². The zero-order valence-corrected chi connectivity index (χ0v) is 23.1. The Morgan fingerprint density at radius 3 is 2.69 bits per heavy atom. The average Bonchev–Trinajstić information content (AvgIpc) is 3.61. The van der Waals surface area contributed by atoms with Crippen LogP contribution in [0.4, 0.5) is 19.0 Å². The van der Waals surface area contributed by atoms with Gasteiger partial charge in [0, 0.05) is 54.5 Å². The average molecular weight is 576 g/mol. The minimum Gasteiger partial charge on any atom is -0.508 e. The van der Waals surface area contributed by atoms with Crippen LogP contribution in [0.25, 0.3) is 32.8 Å². The SMILES string of the molecule is Oc1cc(-c2ccc3c(N4C[C@H]5CC[C@@H](C4)N5)nc(OC[C@@]45CCCN4C[C@H](F)C5)nc3c2F)c2c(F)cccc2c1. The molecule has 4 fully saturated rings. The van der Waals surface area contributed by atoms with Crippen molar-refractivity contribution in [2.24, 2.45) is 0 Å². The van der Waals surface area contributed by atoms with E-state index in [9.17, 15) is 9.50 Å². The number of nitrogens with one attached hydrogen (secondary N) is 1. The first-order valence-electron chi connectivity index (χ1n) is 14.8. The second kappa shape index (κ2) is 9.70. The molecule has 0 unspecified atom stereocenters. The number of phenols is 1. The lowest BCUT2D eigenvalue weighted by molar-refractivity contribution is 0.107. The minimum absolute atomic E-state index is 0.0508. The maximum absolute atomic E-state index is 16.6. The molecule has 0 spiro atoms. The van der Waals surface area contributed by atoms with E-state index in [1.54, 1.807) is 24.3 Å². The summed E-state index contributed by atoms with van der Waals surface area (Å²) < 4.78 is 52.3. The molecule has 3 aromatic carbocycles. The van der Waals surface area contributed by atoms with Gasteiger partial charge in [-0.15, -0.1) is 0 Å². The molecule has 218 valence electrons. The summed E-state index contributed by atoms with van der Waals surface area (Å²) in [5, 5.41) is 15.3. The molecule has 2 bridgehead atoms. The van der Waals surface area contributed by atoms with Crippen LogP contribution in [0, 0.1) is 11.6 Å². The van der Waals surface area contributed by atoms with Crippen LogP contribution in [0.3, 0.4) is 0 Å². The molecule has 1 aromatic heterocycles. The van der Waals surface area contributed by atoms with Gasteiger partial charge in [0.25, 0.3) is 0 Å². The number of alkyl halides is 1. The number of hydrogen-bond acceptors (Lipinski definition) is 7. The van der Waals surface area contributed by atoms with Crippen LogP contribution in [0.2, 0.25) is 0 Å². The van der Waals surface area contributed by atoms with E-state index < -0.39 is 23.3 Å². The van der Waals surface area contributed by atoms with Crippen molar-refractivity contribution in [1.82, 2.24) is 20.2 Å². The predicted octanol–water partition coefficient (Wildman–Crippen LogP) is 5.33. The van der Waals surface area contributed by atoms with Crippen molar-refractivity contribution in [2.75, 3.05) is 37.7 Å². The Morgan fingerprint density at radius 2 is 1.86 bits per heavy atom. The van der Waals surface area contributed by atoms with E-state index in [1.807, 2.05) is 0 Å². The number of benzene rings is 3. The van der Waals surface area contributed by atoms with E-state index >= 15 is 8.78 Å². The molecular weight excluding hydrogens is 543 g/mol. The molecule has 0 aliphatic carbocycles. The smallest absolute Gasteiger partial charge is 0.319 e. The van der Waals surface area contributed by atoms with Crippen LogP contribution in [0.15, 0.2) is 42.5 Å². The zero-order valence-electron chi connectivity index (χ0n) is 23.1. The highest BCUT2D eigenvalue weighted by atomic mass is 19.1. The molecular formula is C32H32F3N5O2. The van der Waals surface area contributed by atoms with Crippen LogP contribution in [0.5, 0.6) is 11.8 Å². The first-order valence-corrected chi connectivity index (χ1v) is 14.8. The third kappa shape index (κ3) is 4.18. The second-order valence-electron chi connectivity index (χ2n) is 12.4. The highest BCUT2D eigenvalue weighted by molar-refractivity contribution is 6.01. The number of aromatic hydroxyl groups is 1. The van der Waals surface area contributed by atoms with Gasteiger partial charge in [0.15, 0.2) is 5.82 Å². The van der Waals surface area contributed by atoms with Crippen molar-refractivity contribution in [3.63, 3.8) is 0 Å². The molecule has 10 heteroatoms. The van der Waals surface area contributed by atoms with Crippen molar-refractivity contribution < 1.29 is 23.0 Å². The molecule has 4 atom stereocenters. The molecule has 0 amide bonds. The molecule has 4 aliphatic heterocycles. The van der Waals surface area contributed by atoms with Crippen LogP contribution < -0.4 is 15.0 Å². The number of ether oxygens (including phenoxy) is 1. The zero-order chi connectivity index (χ0) is 28.6. The lowest BCUT2D eigenvalue weighted by Crippen LogP contribution is -2.51. The summed E-state index contributed by atoms with van der Waals surface area (Å²) in [5.74, 6) is -0.635. The largest absolute Gasteiger partial charge is 0.508 e. The van der Waals surface area contributed by atoms with Crippen LogP contribution in [-0.4, -0.2) is 76.6 Å². The van der Waals surface area contributed by atoms with E-state index in [4.69, 9.17) is 9.72 Å². The van der Waals surface area contributed by atoms with Crippen molar-refractivity contribution in [3.8, 4) is 22.9 Å². The van der Waals surface area contributed by atoms with Crippen LogP contribution in [0.1, 0.15) is 32.1 Å². The standard InChI is InChI=1S/C32H32F3N5O2/c33-19-13-32(9-2-10-40(32)14-19)17-42-31-37-29-24(30(38-31)39-15-20-5-6-21(16-39)36-20)8-7-23(28(29)35)25-12-22(41)11-18-3-1-4-26(34)27(18)25/h1,3-4,7-8,11-12,19-21,36,41H,2,5-6,9-10,13-17H2/t19-,20-,21+,32+/m1/s1. The van der Waals surface area contributed by atoms with Crippen LogP contribution >= 0.6 is 0 Å². The third-order valence-corrected chi connectivity index (χ3v) is 9.71. The fourth-order valence-corrected chi connectivity index (χ4v) is 7.84. The monoisotopic (exact) mass is 575 g/mol. The number of piperazine rings is 1. The molecule has 2 N–H and O–H groups in total. The van der Waals surface area contributed by atoms with Gasteiger partial charge in [-0.25, -0.2) is 13.2 Å². The lowest BCUT2D eigenvalue weighted by atomic mass is 9.95. The summed E-state index contributed by atoms with van der Waals surface area (Å²) >= 11 is 0. The Morgan fingerprint density at radius 1 is 1.02 bits per heavy atom. The van der Waals surface area contributed by atoms with E-state index in [1.165, 1.54) is 18.2 Å². The number of fused-ring (bicyclic) bond motifs is 5. The molecule has 42 heavy (non-hydrogen) atoms. The van der Waals surface area contributed by atoms with Gasteiger partial charge < -0.3 is 20.1 Å². The Bertz CT molecular complexity index is 1710. The third-order valence-electron chi connectivity index (χ3n) is 9.71. The Labute approximate surface area is 241 Å². The fourth-order valence-electron chi connectivity index (χ4n) is 7.84. The summed E-state index contributed by atoms with van der Waals surface area (Å²) in [7, 11) is 0.